The summed E-state index contributed by atoms with van der Waals surface area (Å²) in [6, 6.07) is 0. The smallest absolute Gasteiger partial charge is 0.172 e. The molecule has 1 N–H and O–H groups in total. The molecule has 0 aliphatic carbocycles. The molecule has 0 aliphatic rings. The van der Waals surface area contributed by atoms with E-state index in [0.717, 1.165) is 5.69 Å². The molecule has 1 aromatic rings. The molecule has 0 fully saturated rings. The fourth-order valence-corrected chi connectivity index (χ4v) is 1.29. The predicted molar refractivity (Wildman–Crippen MR) is 51.1 cm³/mol. The second kappa shape index (κ2) is 3.88. The molecule has 0 saturated carbocycles. The lowest BCUT2D eigenvalue weighted by atomic mass is 10.1. The third kappa shape index (κ3) is 2.38. The molecule has 0 spiro atoms. The summed E-state index contributed by atoms with van der Waals surface area (Å²) >= 11 is 0. The van der Waals surface area contributed by atoms with Crippen molar-refractivity contribution in [3.63, 3.8) is 0 Å². The first-order valence-corrected chi connectivity index (χ1v) is 4.58. The van der Waals surface area contributed by atoms with Gasteiger partial charge in [0, 0.05) is 0 Å². The summed E-state index contributed by atoms with van der Waals surface area (Å²) in [4.78, 5) is 10.6. The van der Waals surface area contributed by atoms with Gasteiger partial charge < -0.3 is 5.11 Å². The lowest BCUT2D eigenvalue weighted by Crippen LogP contribution is -2.27. The van der Waals surface area contributed by atoms with Crippen molar-refractivity contribution in [3.8, 4) is 0 Å². The molecule has 0 unspecified atom stereocenters. The number of carbonyl (C=O) groups is 1. The van der Waals surface area contributed by atoms with Gasteiger partial charge in [-0.15, -0.1) is 5.10 Å². The number of hydrogen-bond donors (Lipinski definition) is 1. The van der Waals surface area contributed by atoms with E-state index in [2.05, 4.69) is 10.3 Å². The van der Waals surface area contributed by atoms with Gasteiger partial charge in [-0.3, -0.25) is 4.79 Å². The van der Waals surface area contributed by atoms with E-state index in [1.54, 1.807) is 18.5 Å². The molecule has 1 heterocycles. The Labute approximate surface area is 82.7 Å². The standard InChI is InChI=1S/C9H15N3O2/c1-4-8-7(5-13)10-11-12(8)6-9(2,3)14/h5,14H,4,6H2,1-3H3. The maximum atomic E-state index is 10.6. The van der Waals surface area contributed by atoms with Crippen LogP contribution in [0.25, 0.3) is 0 Å². The number of rotatable bonds is 4. The van der Waals surface area contributed by atoms with Gasteiger partial charge in [0.05, 0.1) is 17.8 Å². The van der Waals surface area contributed by atoms with Crippen molar-refractivity contribution in [1.29, 1.82) is 0 Å². The Bertz CT molecular complexity index is 325. The van der Waals surface area contributed by atoms with Crippen LogP contribution in [0, 0.1) is 0 Å². The third-order valence-corrected chi connectivity index (χ3v) is 1.85. The van der Waals surface area contributed by atoms with Crippen LogP contribution in [-0.2, 0) is 13.0 Å². The third-order valence-electron chi connectivity index (χ3n) is 1.85. The van der Waals surface area contributed by atoms with Gasteiger partial charge in [-0.05, 0) is 20.3 Å². The van der Waals surface area contributed by atoms with Gasteiger partial charge in [0.15, 0.2) is 6.29 Å². The molecule has 5 nitrogen and oxygen atoms in total. The van der Waals surface area contributed by atoms with E-state index in [1.807, 2.05) is 6.92 Å². The molecule has 5 heteroatoms. The van der Waals surface area contributed by atoms with Crippen LogP contribution in [0.2, 0.25) is 0 Å². The molecule has 1 rings (SSSR count). The molecule has 0 aliphatic heterocycles. The minimum Gasteiger partial charge on any atom is -0.389 e. The van der Waals surface area contributed by atoms with Gasteiger partial charge >= 0.3 is 0 Å². The van der Waals surface area contributed by atoms with E-state index >= 15 is 0 Å². The first-order chi connectivity index (χ1) is 6.48. The second-order valence-electron chi connectivity index (χ2n) is 3.86. The maximum absolute atomic E-state index is 10.6. The maximum Gasteiger partial charge on any atom is 0.172 e. The highest BCUT2D eigenvalue weighted by molar-refractivity contribution is 5.73. The average Bonchev–Trinajstić information content (AvgIpc) is 2.43. The number of aldehydes is 1. The van der Waals surface area contributed by atoms with Crippen molar-refractivity contribution in [2.75, 3.05) is 0 Å². The first-order valence-electron chi connectivity index (χ1n) is 4.58. The molecule has 0 amide bonds. The monoisotopic (exact) mass is 197 g/mol. The van der Waals surface area contributed by atoms with Crippen molar-refractivity contribution in [1.82, 2.24) is 15.0 Å². The molecule has 14 heavy (non-hydrogen) atoms. The van der Waals surface area contributed by atoms with E-state index < -0.39 is 5.60 Å². The van der Waals surface area contributed by atoms with Crippen LogP contribution in [0.4, 0.5) is 0 Å². The van der Waals surface area contributed by atoms with Gasteiger partial charge in [-0.1, -0.05) is 12.1 Å². The second-order valence-corrected chi connectivity index (χ2v) is 3.86. The molecule has 0 atom stereocenters. The molecule has 0 aromatic carbocycles. The van der Waals surface area contributed by atoms with Crippen LogP contribution in [0.3, 0.4) is 0 Å². The number of nitrogens with zero attached hydrogens (tertiary/aromatic N) is 3. The summed E-state index contributed by atoms with van der Waals surface area (Å²) in [6.07, 6.45) is 1.36. The summed E-state index contributed by atoms with van der Waals surface area (Å²) in [5, 5.41) is 17.1. The van der Waals surface area contributed by atoms with Crippen LogP contribution in [-0.4, -0.2) is 32.0 Å². The normalized spacial score (nSPS) is 11.7. The SMILES string of the molecule is CCc1c(C=O)nnn1CC(C)(C)O. The Morgan fingerprint density at radius 1 is 1.57 bits per heavy atom. The Hall–Kier alpha value is -1.23. The zero-order valence-corrected chi connectivity index (χ0v) is 8.69. The fourth-order valence-electron chi connectivity index (χ4n) is 1.29. The molecule has 0 radical (unpaired) electrons. The van der Waals surface area contributed by atoms with Crippen molar-refractivity contribution in [2.45, 2.75) is 39.3 Å². The van der Waals surface area contributed by atoms with Gasteiger partial charge in [0.25, 0.3) is 0 Å². The van der Waals surface area contributed by atoms with Crippen molar-refractivity contribution < 1.29 is 9.90 Å². The predicted octanol–water partition coefficient (Wildman–Crippen LogP) is 0.424. The highest BCUT2D eigenvalue weighted by Gasteiger charge is 2.18. The van der Waals surface area contributed by atoms with Gasteiger partial charge in [-0.2, -0.15) is 0 Å². The minimum absolute atomic E-state index is 0.344. The lowest BCUT2D eigenvalue weighted by molar-refractivity contribution is 0.0562. The Morgan fingerprint density at radius 2 is 2.21 bits per heavy atom. The summed E-state index contributed by atoms with van der Waals surface area (Å²) in [5.74, 6) is 0. The number of aliphatic hydroxyl groups is 1. The molecule has 78 valence electrons. The zero-order chi connectivity index (χ0) is 10.8. The van der Waals surface area contributed by atoms with E-state index in [0.29, 0.717) is 24.9 Å². The summed E-state index contributed by atoms with van der Waals surface area (Å²) in [7, 11) is 0. The first kappa shape index (κ1) is 10.8. The Morgan fingerprint density at radius 3 is 2.64 bits per heavy atom. The quantitative estimate of drug-likeness (QED) is 0.710. The summed E-state index contributed by atoms with van der Waals surface area (Å²) in [5.41, 5.74) is 0.275. The van der Waals surface area contributed by atoms with E-state index in [9.17, 15) is 9.90 Å². The zero-order valence-electron chi connectivity index (χ0n) is 8.69. The van der Waals surface area contributed by atoms with Gasteiger partial charge in [0.1, 0.15) is 5.69 Å². The molecular formula is C9H15N3O2. The summed E-state index contributed by atoms with van der Waals surface area (Å²) < 4.78 is 1.57. The fraction of sp³-hybridized carbons (Fsp3) is 0.667. The Balaban J connectivity index is 2.98. The van der Waals surface area contributed by atoms with E-state index in [1.165, 1.54) is 0 Å². The molecule has 0 saturated heterocycles. The van der Waals surface area contributed by atoms with E-state index in [4.69, 9.17) is 0 Å². The molecular weight excluding hydrogens is 182 g/mol. The molecule has 0 bridgehead atoms. The van der Waals surface area contributed by atoms with Crippen LogP contribution < -0.4 is 0 Å². The molecule has 1 aromatic heterocycles. The highest BCUT2D eigenvalue weighted by Crippen LogP contribution is 2.10. The minimum atomic E-state index is -0.849. The summed E-state index contributed by atoms with van der Waals surface area (Å²) in [6.45, 7) is 5.65. The largest absolute Gasteiger partial charge is 0.389 e. The van der Waals surface area contributed by atoms with Crippen molar-refractivity contribution in [3.05, 3.63) is 11.4 Å². The van der Waals surface area contributed by atoms with Gasteiger partial charge in [0.2, 0.25) is 0 Å². The number of carbonyl (C=O) groups excluding carboxylic acids is 1. The van der Waals surface area contributed by atoms with Gasteiger partial charge in [-0.25, -0.2) is 4.68 Å². The van der Waals surface area contributed by atoms with Crippen LogP contribution in [0.5, 0.6) is 0 Å². The van der Waals surface area contributed by atoms with Crippen molar-refractivity contribution >= 4 is 6.29 Å². The Kier molecular flexibility index (Phi) is 3.00. The van der Waals surface area contributed by atoms with Crippen LogP contribution >= 0.6 is 0 Å². The van der Waals surface area contributed by atoms with E-state index in [-0.39, 0.29) is 0 Å². The van der Waals surface area contributed by atoms with Crippen LogP contribution in [0.15, 0.2) is 0 Å². The van der Waals surface area contributed by atoms with Crippen molar-refractivity contribution in [2.24, 2.45) is 0 Å². The average molecular weight is 197 g/mol. The number of aromatic nitrogens is 3. The highest BCUT2D eigenvalue weighted by atomic mass is 16.3. The topological polar surface area (TPSA) is 68.0 Å². The number of hydrogen-bond acceptors (Lipinski definition) is 4. The van der Waals surface area contributed by atoms with Crippen LogP contribution in [0.1, 0.15) is 37.0 Å². The lowest BCUT2D eigenvalue weighted by Gasteiger charge is -2.17.